The minimum Gasteiger partial charge on any atom is -0.494 e. The van der Waals surface area contributed by atoms with Crippen LogP contribution in [0.5, 0.6) is 5.75 Å². The third kappa shape index (κ3) is 3.09. The number of hydrogen-bond acceptors (Lipinski definition) is 5. The number of anilines is 1. The van der Waals surface area contributed by atoms with Crippen LogP contribution < -0.4 is 9.64 Å². The fourth-order valence-corrected chi connectivity index (χ4v) is 3.32. The Morgan fingerprint density at radius 2 is 1.96 bits per heavy atom. The topological polar surface area (TPSA) is 51.4 Å². The maximum absolute atomic E-state index is 5.49. The average molecular weight is 335 g/mol. The summed E-state index contributed by atoms with van der Waals surface area (Å²) >= 11 is 0. The van der Waals surface area contributed by atoms with E-state index in [1.54, 1.807) is 0 Å². The summed E-state index contributed by atoms with van der Waals surface area (Å²) < 4.78 is 11.0. The van der Waals surface area contributed by atoms with Gasteiger partial charge in [0.2, 0.25) is 11.7 Å². The molecule has 1 aliphatic rings. The molecule has 0 fully saturated rings. The molecule has 1 aliphatic heterocycles. The minimum atomic E-state index is 0.429. The van der Waals surface area contributed by atoms with Gasteiger partial charge in [0.15, 0.2) is 0 Å². The number of hydrogen-bond donors (Lipinski definition) is 0. The molecule has 0 radical (unpaired) electrons. The summed E-state index contributed by atoms with van der Waals surface area (Å²) in [5.74, 6) is 2.09. The van der Waals surface area contributed by atoms with Gasteiger partial charge in [-0.3, -0.25) is 0 Å². The highest BCUT2D eigenvalue weighted by Crippen LogP contribution is 2.33. The molecule has 1 unspecified atom stereocenters. The number of benzene rings is 2. The molecule has 0 amide bonds. The summed E-state index contributed by atoms with van der Waals surface area (Å²) in [6, 6.07) is 16.7. The largest absolute Gasteiger partial charge is 0.494 e. The van der Waals surface area contributed by atoms with E-state index in [0.29, 0.717) is 30.9 Å². The van der Waals surface area contributed by atoms with Crippen molar-refractivity contribution in [1.29, 1.82) is 0 Å². The lowest BCUT2D eigenvalue weighted by Crippen LogP contribution is -2.28. The fraction of sp³-hybridized carbons (Fsp3) is 0.300. The Kier molecular flexibility index (Phi) is 4.14. The Morgan fingerprint density at radius 1 is 1.16 bits per heavy atom. The highest BCUT2D eigenvalue weighted by atomic mass is 16.5. The molecule has 128 valence electrons. The Hall–Kier alpha value is -2.82. The molecule has 0 aliphatic carbocycles. The van der Waals surface area contributed by atoms with Crippen LogP contribution in [-0.4, -0.2) is 22.8 Å². The van der Waals surface area contributed by atoms with Gasteiger partial charge >= 0.3 is 0 Å². The van der Waals surface area contributed by atoms with Crippen LogP contribution in [0.3, 0.4) is 0 Å². The Balaban J connectivity index is 1.52. The first-order valence-electron chi connectivity index (χ1n) is 8.65. The van der Waals surface area contributed by atoms with Crippen LogP contribution in [0.1, 0.15) is 25.3 Å². The Bertz CT molecular complexity index is 857. The molecule has 4 rings (SSSR count). The van der Waals surface area contributed by atoms with E-state index in [-0.39, 0.29) is 0 Å². The average Bonchev–Trinajstić information content (AvgIpc) is 3.21. The van der Waals surface area contributed by atoms with Crippen molar-refractivity contribution in [1.82, 2.24) is 10.1 Å². The molecule has 5 heteroatoms. The predicted molar refractivity (Wildman–Crippen MR) is 96.7 cm³/mol. The van der Waals surface area contributed by atoms with Crippen molar-refractivity contribution in [3.05, 3.63) is 60.0 Å². The van der Waals surface area contributed by atoms with E-state index in [1.165, 1.54) is 11.3 Å². The molecule has 0 N–H and O–H groups in total. The van der Waals surface area contributed by atoms with Gasteiger partial charge in [0.25, 0.3) is 0 Å². The van der Waals surface area contributed by atoms with Gasteiger partial charge in [-0.15, -0.1) is 0 Å². The Labute approximate surface area is 147 Å². The summed E-state index contributed by atoms with van der Waals surface area (Å²) in [7, 11) is 0. The molecule has 2 heterocycles. The van der Waals surface area contributed by atoms with E-state index in [4.69, 9.17) is 9.26 Å². The molecular weight excluding hydrogens is 314 g/mol. The lowest BCUT2D eigenvalue weighted by Gasteiger charge is -2.22. The minimum absolute atomic E-state index is 0.429. The van der Waals surface area contributed by atoms with Crippen molar-refractivity contribution in [2.45, 2.75) is 32.9 Å². The first-order valence-corrected chi connectivity index (χ1v) is 8.65. The fourth-order valence-electron chi connectivity index (χ4n) is 3.32. The lowest BCUT2D eigenvalue weighted by atomic mass is 10.1. The van der Waals surface area contributed by atoms with Crippen LogP contribution in [0.2, 0.25) is 0 Å². The van der Waals surface area contributed by atoms with Crippen LogP contribution in [0.4, 0.5) is 5.69 Å². The maximum Gasteiger partial charge on any atom is 0.246 e. The van der Waals surface area contributed by atoms with E-state index >= 15 is 0 Å². The second-order valence-electron chi connectivity index (χ2n) is 6.28. The van der Waals surface area contributed by atoms with E-state index in [2.05, 4.69) is 46.2 Å². The summed E-state index contributed by atoms with van der Waals surface area (Å²) in [5, 5.41) is 4.13. The zero-order valence-corrected chi connectivity index (χ0v) is 14.5. The van der Waals surface area contributed by atoms with Gasteiger partial charge in [-0.25, -0.2) is 0 Å². The molecule has 0 saturated heterocycles. The van der Waals surface area contributed by atoms with Gasteiger partial charge in [0.1, 0.15) is 5.75 Å². The molecule has 3 aromatic rings. The SMILES string of the molecule is CCOc1ccc(-c2noc(CN3c4ccccc4CC3C)n2)cc1. The number of para-hydroxylation sites is 1. The van der Waals surface area contributed by atoms with E-state index in [1.807, 2.05) is 31.2 Å². The first kappa shape index (κ1) is 15.7. The first-order chi connectivity index (χ1) is 12.2. The zero-order chi connectivity index (χ0) is 17.2. The van der Waals surface area contributed by atoms with Crippen molar-refractivity contribution >= 4 is 5.69 Å². The van der Waals surface area contributed by atoms with Gasteiger partial charge < -0.3 is 14.2 Å². The highest BCUT2D eigenvalue weighted by Gasteiger charge is 2.27. The van der Waals surface area contributed by atoms with Crippen molar-refractivity contribution in [2.24, 2.45) is 0 Å². The summed E-state index contributed by atoms with van der Waals surface area (Å²) in [6.07, 6.45) is 1.05. The van der Waals surface area contributed by atoms with Crippen molar-refractivity contribution in [2.75, 3.05) is 11.5 Å². The van der Waals surface area contributed by atoms with E-state index in [9.17, 15) is 0 Å². The van der Waals surface area contributed by atoms with Gasteiger partial charge in [0.05, 0.1) is 13.2 Å². The molecule has 5 nitrogen and oxygen atoms in total. The number of ether oxygens (including phenoxy) is 1. The van der Waals surface area contributed by atoms with Crippen LogP contribution in [-0.2, 0) is 13.0 Å². The maximum atomic E-state index is 5.49. The van der Waals surface area contributed by atoms with Crippen molar-refractivity contribution in [3.8, 4) is 17.1 Å². The molecular formula is C20H21N3O2. The molecule has 0 bridgehead atoms. The van der Waals surface area contributed by atoms with Crippen molar-refractivity contribution in [3.63, 3.8) is 0 Å². The smallest absolute Gasteiger partial charge is 0.246 e. The second kappa shape index (κ2) is 6.59. The predicted octanol–water partition coefficient (Wildman–Crippen LogP) is 4.09. The number of fused-ring (bicyclic) bond motifs is 1. The molecule has 1 atom stereocenters. The normalized spacial score (nSPS) is 16.1. The third-order valence-electron chi connectivity index (χ3n) is 4.55. The van der Waals surface area contributed by atoms with Crippen LogP contribution in [0.15, 0.2) is 53.1 Å². The Morgan fingerprint density at radius 3 is 2.76 bits per heavy atom. The van der Waals surface area contributed by atoms with Gasteiger partial charge in [0, 0.05) is 17.3 Å². The monoisotopic (exact) mass is 335 g/mol. The summed E-state index contributed by atoms with van der Waals surface area (Å²) in [6.45, 7) is 5.48. The molecule has 2 aromatic carbocycles. The van der Waals surface area contributed by atoms with Crippen LogP contribution in [0, 0.1) is 0 Å². The van der Waals surface area contributed by atoms with Crippen molar-refractivity contribution < 1.29 is 9.26 Å². The van der Waals surface area contributed by atoms with E-state index < -0.39 is 0 Å². The standard InChI is InChI=1S/C20H21N3O2/c1-3-24-17-10-8-15(9-11-17)20-21-19(25-22-20)13-23-14(2)12-16-6-4-5-7-18(16)23/h4-11,14H,3,12-13H2,1-2H3. The highest BCUT2D eigenvalue weighted by molar-refractivity contribution is 5.59. The molecule has 1 aromatic heterocycles. The zero-order valence-electron chi connectivity index (χ0n) is 14.5. The van der Waals surface area contributed by atoms with Gasteiger partial charge in [-0.05, 0) is 56.2 Å². The molecule has 0 spiro atoms. The number of rotatable bonds is 5. The summed E-state index contributed by atoms with van der Waals surface area (Å²) in [4.78, 5) is 6.89. The van der Waals surface area contributed by atoms with E-state index in [0.717, 1.165) is 17.7 Å². The quantitative estimate of drug-likeness (QED) is 0.703. The van der Waals surface area contributed by atoms with Crippen LogP contribution in [0.25, 0.3) is 11.4 Å². The molecule has 0 saturated carbocycles. The second-order valence-corrected chi connectivity index (χ2v) is 6.28. The van der Waals surface area contributed by atoms with Gasteiger partial charge in [-0.2, -0.15) is 4.98 Å². The lowest BCUT2D eigenvalue weighted by molar-refractivity contribution is 0.340. The van der Waals surface area contributed by atoms with Gasteiger partial charge in [-0.1, -0.05) is 23.4 Å². The number of aromatic nitrogens is 2. The summed E-state index contributed by atoms with van der Waals surface area (Å²) in [5.41, 5.74) is 3.56. The van der Waals surface area contributed by atoms with Crippen LogP contribution >= 0.6 is 0 Å². The third-order valence-corrected chi connectivity index (χ3v) is 4.55. The molecule has 25 heavy (non-hydrogen) atoms. The number of nitrogens with zero attached hydrogens (tertiary/aromatic N) is 3.